The molecule has 1 N–H and O–H groups in total. The van der Waals surface area contributed by atoms with Gasteiger partial charge in [0.05, 0.1) is 38.7 Å². The predicted molar refractivity (Wildman–Crippen MR) is 112 cm³/mol. The fraction of sp³-hybridized carbons (Fsp3) is 0.478. The fourth-order valence-electron chi connectivity index (χ4n) is 5.02. The SMILES string of the molecule is CC[C@@H]1C[N+]2=C(C[C@@H]1/C(=C\OC)C(=O)OC)c1[nH]c3cccc(OC)c3c1CC2. The van der Waals surface area contributed by atoms with Crippen LogP contribution in [-0.2, 0) is 20.7 Å². The second-order valence-corrected chi connectivity index (χ2v) is 7.78. The molecule has 0 spiro atoms. The van der Waals surface area contributed by atoms with Gasteiger partial charge in [-0.2, -0.15) is 0 Å². The highest BCUT2D eigenvalue weighted by Gasteiger charge is 2.42. The number of fused-ring (bicyclic) bond motifs is 4. The molecule has 1 aromatic heterocycles. The number of hydrogen-bond acceptors (Lipinski definition) is 4. The van der Waals surface area contributed by atoms with Crippen LogP contribution < -0.4 is 4.74 Å². The molecule has 4 rings (SSSR count). The van der Waals surface area contributed by atoms with Gasteiger partial charge in [-0.05, 0) is 18.6 Å². The Bertz CT molecular complexity index is 1000. The van der Waals surface area contributed by atoms with Gasteiger partial charge in [-0.3, -0.25) is 0 Å². The summed E-state index contributed by atoms with van der Waals surface area (Å²) >= 11 is 0. The number of nitrogens with zero attached hydrogens (tertiary/aromatic N) is 1. The van der Waals surface area contributed by atoms with E-state index in [1.807, 2.05) is 12.1 Å². The van der Waals surface area contributed by atoms with E-state index in [1.165, 1.54) is 29.5 Å². The highest BCUT2D eigenvalue weighted by Crippen LogP contribution is 2.38. The average molecular weight is 397 g/mol. The van der Waals surface area contributed by atoms with Crippen molar-refractivity contribution in [3.8, 4) is 5.75 Å². The number of aromatic amines is 1. The number of carbonyl (C=O) groups is 1. The molecular formula is C23H29N2O4+. The number of benzene rings is 1. The number of esters is 1. The normalized spacial score (nSPS) is 21.6. The molecule has 0 unspecified atom stereocenters. The molecule has 0 amide bonds. The number of carbonyl (C=O) groups excluding carboxylic acids is 1. The molecule has 0 saturated carbocycles. The Labute approximate surface area is 171 Å². The lowest BCUT2D eigenvalue weighted by Crippen LogP contribution is -2.43. The zero-order valence-corrected chi connectivity index (χ0v) is 17.6. The van der Waals surface area contributed by atoms with Gasteiger partial charge >= 0.3 is 5.97 Å². The van der Waals surface area contributed by atoms with Crippen molar-refractivity contribution in [2.45, 2.75) is 26.2 Å². The third-order valence-electron chi connectivity index (χ3n) is 6.44. The summed E-state index contributed by atoms with van der Waals surface area (Å²) in [6, 6.07) is 6.13. The van der Waals surface area contributed by atoms with Crippen molar-refractivity contribution in [3.05, 3.63) is 41.3 Å². The van der Waals surface area contributed by atoms with Crippen LogP contribution in [0.15, 0.2) is 30.0 Å². The number of hydrogen-bond donors (Lipinski definition) is 1. The first-order valence-electron chi connectivity index (χ1n) is 10.2. The predicted octanol–water partition coefficient (Wildman–Crippen LogP) is 3.28. The Morgan fingerprint density at radius 3 is 2.83 bits per heavy atom. The highest BCUT2D eigenvalue weighted by molar-refractivity contribution is 6.05. The van der Waals surface area contributed by atoms with Crippen LogP contribution in [0.3, 0.4) is 0 Å². The first-order valence-corrected chi connectivity index (χ1v) is 10.2. The molecule has 0 radical (unpaired) electrons. The van der Waals surface area contributed by atoms with Crippen LogP contribution in [0.25, 0.3) is 10.9 Å². The second kappa shape index (κ2) is 7.93. The van der Waals surface area contributed by atoms with Crippen LogP contribution in [0, 0.1) is 11.8 Å². The minimum Gasteiger partial charge on any atom is -0.504 e. The molecule has 0 fully saturated rings. The van der Waals surface area contributed by atoms with E-state index in [1.54, 1.807) is 20.5 Å². The molecule has 2 aliphatic rings. The Kier molecular flexibility index (Phi) is 5.35. The zero-order chi connectivity index (χ0) is 20.5. The van der Waals surface area contributed by atoms with Crippen LogP contribution in [0.5, 0.6) is 5.75 Å². The minimum absolute atomic E-state index is 0.0675. The fourth-order valence-corrected chi connectivity index (χ4v) is 5.02. The largest absolute Gasteiger partial charge is 0.504 e. The van der Waals surface area contributed by atoms with E-state index in [0.717, 1.165) is 43.6 Å². The van der Waals surface area contributed by atoms with Crippen molar-refractivity contribution in [3.63, 3.8) is 0 Å². The summed E-state index contributed by atoms with van der Waals surface area (Å²) in [5, 5.41) is 1.17. The van der Waals surface area contributed by atoms with E-state index in [9.17, 15) is 4.79 Å². The molecule has 0 saturated heterocycles. The van der Waals surface area contributed by atoms with E-state index in [0.29, 0.717) is 11.5 Å². The highest BCUT2D eigenvalue weighted by atomic mass is 16.5. The summed E-state index contributed by atoms with van der Waals surface area (Å²) in [6.07, 6.45) is 4.33. The standard InChI is InChI=1S/C23H28N2O4/c1-5-14-12-25-10-9-15-21-18(7-6-8-20(21)28-3)24-22(15)19(25)11-16(14)17(13-27-2)23(26)29-4/h6-8,13-14,16H,5,9-12H2,1-4H3/p+1/b17-13+/t14-,16+/m1/s1. The summed E-state index contributed by atoms with van der Waals surface area (Å²) in [7, 11) is 4.73. The molecule has 154 valence electrons. The van der Waals surface area contributed by atoms with E-state index in [2.05, 4.69) is 22.5 Å². The van der Waals surface area contributed by atoms with Crippen molar-refractivity contribution >= 4 is 22.6 Å². The Balaban J connectivity index is 1.81. The van der Waals surface area contributed by atoms with E-state index >= 15 is 0 Å². The van der Waals surface area contributed by atoms with E-state index in [4.69, 9.17) is 14.2 Å². The lowest BCUT2D eigenvalue weighted by molar-refractivity contribution is -0.543. The van der Waals surface area contributed by atoms with Crippen LogP contribution in [0.4, 0.5) is 0 Å². The summed E-state index contributed by atoms with van der Waals surface area (Å²) in [6.45, 7) is 4.10. The zero-order valence-electron chi connectivity index (χ0n) is 17.6. The van der Waals surface area contributed by atoms with Crippen molar-refractivity contribution < 1.29 is 23.6 Å². The molecular weight excluding hydrogens is 368 g/mol. The van der Waals surface area contributed by atoms with Gasteiger partial charge in [-0.15, -0.1) is 0 Å². The molecule has 6 nitrogen and oxygen atoms in total. The van der Waals surface area contributed by atoms with Gasteiger partial charge in [0.2, 0.25) is 5.71 Å². The second-order valence-electron chi connectivity index (χ2n) is 7.78. The van der Waals surface area contributed by atoms with Crippen LogP contribution in [0.2, 0.25) is 0 Å². The Morgan fingerprint density at radius 1 is 1.31 bits per heavy atom. The van der Waals surface area contributed by atoms with Crippen molar-refractivity contribution in [2.24, 2.45) is 11.8 Å². The van der Waals surface area contributed by atoms with Gasteiger partial charge in [-0.1, -0.05) is 13.0 Å². The molecule has 2 aromatic rings. The van der Waals surface area contributed by atoms with Gasteiger partial charge in [0.25, 0.3) is 0 Å². The third kappa shape index (κ3) is 3.20. The van der Waals surface area contributed by atoms with E-state index in [-0.39, 0.29) is 11.9 Å². The number of rotatable bonds is 5. The number of H-pyrrole nitrogens is 1. The Morgan fingerprint density at radius 2 is 2.14 bits per heavy atom. The molecule has 0 aliphatic carbocycles. The maximum Gasteiger partial charge on any atom is 0.337 e. The summed E-state index contributed by atoms with van der Waals surface area (Å²) in [5.74, 6) is 1.04. The lowest BCUT2D eigenvalue weighted by atomic mass is 9.76. The molecule has 3 heterocycles. The van der Waals surface area contributed by atoms with Crippen molar-refractivity contribution in [2.75, 3.05) is 34.4 Å². The number of aromatic nitrogens is 1. The summed E-state index contributed by atoms with van der Waals surface area (Å²) in [5.41, 5.74) is 5.48. The van der Waals surface area contributed by atoms with Gasteiger partial charge in [0.15, 0.2) is 0 Å². The lowest BCUT2D eigenvalue weighted by Gasteiger charge is -2.32. The first kappa shape index (κ1) is 19.6. The average Bonchev–Trinajstić information content (AvgIpc) is 3.15. The molecule has 6 heteroatoms. The topological polar surface area (TPSA) is 63.6 Å². The van der Waals surface area contributed by atoms with Gasteiger partial charge in [-0.25, -0.2) is 9.37 Å². The third-order valence-corrected chi connectivity index (χ3v) is 6.44. The Hall–Kier alpha value is -2.76. The van der Waals surface area contributed by atoms with Crippen molar-refractivity contribution in [1.29, 1.82) is 0 Å². The molecule has 2 aliphatic heterocycles. The number of methoxy groups -OCH3 is 3. The quantitative estimate of drug-likeness (QED) is 0.364. The smallest absolute Gasteiger partial charge is 0.337 e. The molecule has 2 atom stereocenters. The summed E-state index contributed by atoms with van der Waals surface area (Å²) in [4.78, 5) is 16.1. The maximum atomic E-state index is 12.5. The molecule has 1 aromatic carbocycles. The minimum atomic E-state index is -0.307. The number of ether oxygens (including phenoxy) is 3. The molecule has 0 bridgehead atoms. The van der Waals surface area contributed by atoms with Crippen molar-refractivity contribution in [1.82, 2.24) is 4.98 Å². The summed E-state index contributed by atoms with van der Waals surface area (Å²) < 4.78 is 18.4. The molecule has 29 heavy (non-hydrogen) atoms. The first-order chi connectivity index (χ1) is 14.1. The van der Waals surface area contributed by atoms with Crippen LogP contribution >= 0.6 is 0 Å². The number of nitrogens with one attached hydrogen (secondary N) is 1. The monoisotopic (exact) mass is 397 g/mol. The van der Waals surface area contributed by atoms with E-state index < -0.39 is 0 Å². The van der Waals surface area contributed by atoms with Gasteiger partial charge in [0, 0.05) is 35.6 Å². The van der Waals surface area contributed by atoms with Gasteiger partial charge in [0.1, 0.15) is 24.5 Å². The maximum absolute atomic E-state index is 12.5. The van der Waals surface area contributed by atoms with Crippen LogP contribution in [-0.4, -0.2) is 55.7 Å². The van der Waals surface area contributed by atoms with Crippen LogP contribution in [0.1, 0.15) is 31.0 Å². The van der Waals surface area contributed by atoms with Gasteiger partial charge < -0.3 is 19.2 Å².